The summed E-state index contributed by atoms with van der Waals surface area (Å²) in [5, 5.41) is 0. The molecule has 0 radical (unpaired) electrons. The van der Waals surface area contributed by atoms with E-state index in [0.29, 0.717) is 6.61 Å². The number of nitrogen functional groups attached to an aromatic ring is 1. The van der Waals surface area contributed by atoms with Crippen LogP contribution in [0.15, 0.2) is 41.3 Å². The summed E-state index contributed by atoms with van der Waals surface area (Å²) in [4.78, 5) is 1.09. The molecule has 0 aliphatic rings. The predicted octanol–water partition coefficient (Wildman–Crippen LogP) is 4.97. The molecule has 0 fully saturated rings. The van der Waals surface area contributed by atoms with Crippen molar-refractivity contribution in [2.75, 3.05) is 12.3 Å². The van der Waals surface area contributed by atoms with Gasteiger partial charge in [0.2, 0.25) is 0 Å². The Morgan fingerprint density at radius 2 is 1.81 bits per heavy atom. The molecule has 0 saturated carbocycles. The second-order valence-corrected chi connectivity index (χ2v) is 6.32. The molecule has 2 aromatic rings. The Balaban J connectivity index is 2.09. The van der Waals surface area contributed by atoms with Crippen LogP contribution in [0.1, 0.15) is 30.0 Å². The number of benzene rings is 2. The van der Waals surface area contributed by atoms with Gasteiger partial charge in [-0.15, -0.1) is 11.8 Å². The number of ether oxygens (including phenoxy) is 1. The van der Waals surface area contributed by atoms with E-state index in [2.05, 4.69) is 45.0 Å². The lowest BCUT2D eigenvalue weighted by molar-refractivity contribution is 0.318. The third-order valence-corrected chi connectivity index (χ3v) is 4.31. The SMILES string of the molecule is CCCOc1cccc(SCc2cc(C)cc(C)c2)c1N. The summed E-state index contributed by atoms with van der Waals surface area (Å²) in [7, 11) is 0. The number of hydrogen-bond acceptors (Lipinski definition) is 3. The highest BCUT2D eigenvalue weighted by Crippen LogP contribution is 2.34. The minimum atomic E-state index is 0.704. The number of rotatable bonds is 6. The monoisotopic (exact) mass is 301 g/mol. The molecule has 0 atom stereocenters. The molecule has 2 nitrogen and oxygen atoms in total. The van der Waals surface area contributed by atoms with Crippen molar-refractivity contribution in [2.24, 2.45) is 0 Å². The minimum absolute atomic E-state index is 0.704. The number of hydrogen-bond donors (Lipinski definition) is 1. The molecule has 21 heavy (non-hydrogen) atoms. The van der Waals surface area contributed by atoms with Crippen molar-refractivity contribution in [1.82, 2.24) is 0 Å². The maximum absolute atomic E-state index is 6.20. The fourth-order valence-electron chi connectivity index (χ4n) is 2.30. The van der Waals surface area contributed by atoms with E-state index in [1.165, 1.54) is 16.7 Å². The summed E-state index contributed by atoms with van der Waals surface area (Å²) < 4.78 is 5.68. The molecule has 112 valence electrons. The zero-order valence-corrected chi connectivity index (χ0v) is 13.8. The summed E-state index contributed by atoms with van der Waals surface area (Å²) in [6.07, 6.45) is 0.985. The average Bonchev–Trinajstić information content (AvgIpc) is 2.44. The normalized spacial score (nSPS) is 10.6. The standard InChI is InChI=1S/C18H23NOS/c1-4-8-20-16-6-5-7-17(18(16)19)21-12-15-10-13(2)9-14(3)11-15/h5-7,9-11H,4,8,12,19H2,1-3H3. The van der Waals surface area contributed by atoms with E-state index in [4.69, 9.17) is 10.5 Å². The molecule has 0 saturated heterocycles. The van der Waals surface area contributed by atoms with Gasteiger partial charge in [-0.05, 0) is 38.0 Å². The van der Waals surface area contributed by atoms with Gasteiger partial charge in [0, 0.05) is 10.6 Å². The Morgan fingerprint density at radius 3 is 2.48 bits per heavy atom. The Hall–Kier alpha value is -1.61. The van der Waals surface area contributed by atoms with Gasteiger partial charge in [-0.2, -0.15) is 0 Å². The summed E-state index contributed by atoms with van der Waals surface area (Å²) in [6.45, 7) is 7.06. The molecule has 2 N–H and O–H groups in total. The van der Waals surface area contributed by atoms with E-state index in [1.807, 2.05) is 12.1 Å². The van der Waals surface area contributed by atoms with Crippen LogP contribution in [0.2, 0.25) is 0 Å². The van der Waals surface area contributed by atoms with Crippen LogP contribution in [0.3, 0.4) is 0 Å². The number of nitrogens with two attached hydrogens (primary N) is 1. The van der Waals surface area contributed by atoms with Crippen molar-refractivity contribution in [3.8, 4) is 5.75 Å². The van der Waals surface area contributed by atoms with Crippen molar-refractivity contribution in [2.45, 2.75) is 37.8 Å². The van der Waals surface area contributed by atoms with Gasteiger partial charge in [0.05, 0.1) is 12.3 Å². The van der Waals surface area contributed by atoms with E-state index in [1.54, 1.807) is 11.8 Å². The van der Waals surface area contributed by atoms with E-state index in [0.717, 1.165) is 28.5 Å². The molecule has 3 heteroatoms. The lowest BCUT2D eigenvalue weighted by Crippen LogP contribution is -2.00. The first-order valence-electron chi connectivity index (χ1n) is 7.31. The largest absolute Gasteiger partial charge is 0.491 e. The summed E-state index contributed by atoms with van der Waals surface area (Å²) in [5.41, 5.74) is 10.9. The van der Waals surface area contributed by atoms with Crippen molar-refractivity contribution < 1.29 is 4.74 Å². The molecule has 0 aromatic heterocycles. The maximum atomic E-state index is 6.20. The maximum Gasteiger partial charge on any atom is 0.143 e. The van der Waals surface area contributed by atoms with E-state index < -0.39 is 0 Å². The number of anilines is 1. The van der Waals surface area contributed by atoms with Gasteiger partial charge in [-0.25, -0.2) is 0 Å². The van der Waals surface area contributed by atoms with Crippen molar-refractivity contribution in [1.29, 1.82) is 0 Å². The van der Waals surface area contributed by atoms with Crippen molar-refractivity contribution in [3.05, 3.63) is 53.1 Å². The number of thioether (sulfide) groups is 1. The molecule has 2 rings (SSSR count). The van der Waals surface area contributed by atoms with Crippen LogP contribution in [-0.2, 0) is 5.75 Å². The van der Waals surface area contributed by atoms with Crippen molar-refractivity contribution in [3.63, 3.8) is 0 Å². The first kappa shape index (κ1) is 15.8. The van der Waals surface area contributed by atoms with Gasteiger partial charge < -0.3 is 10.5 Å². The van der Waals surface area contributed by atoms with Crippen LogP contribution in [0.4, 0.5) is 5.69 Å². The third-order valence-electron chi connectivity index (χ3n) is 3.16. The van der Waals surface area contributed by atoms with Gasteiger partial charge in [0.25, 0.3) is 0 Å². The molecule has 0 bridgehead atoms. The molecule has 0 spiro atoms. The Morgan fingerprint density at radius 1 is 1.10 bits per heavy atom. The lowest BCUT2D eigenvalue weighted by atomic mass is 10.1. The average molecular weight is 301 g/mol. The molecule has 0 aliphatic heterocycles. The molecule has 0 aliphatic carbocycles. The van der Waals surface area contributed by atoms with Crippen LogP contribution >= 0.6 is 11.8 Å². The highest BCUT2D eigenvalue weighted by atomic mass is 32.2. The predicted molar refractivity (Wildman–Crippen MR) is 92.1 cm³/mol. The molecular formula is C18H23NOS. The zero-order valence-electron chi connectivity index (χ0n) is 13.0. The summed E-state index contributed by atoms with van der Waals surface area (Å²) in [6, 6.07) is 12.7. The van der Waals surface area contributed by atoms with E-state index in [-0.39, 0.29) is 0 Å². The lowest BCUT2D eigenvalue weighted by Gasteiger charge is -2.12. The van der Waals surface area contributed by atoms with E-state index >= 15 is 0 Å². The van der Waals surface area contributed by atoms with Gasteiger partial charge in [-0.1, -0.05) is 42.3 Å². The summed E-state index contributed by atoms with van der Waals surface area (Å²) >= 11 is 1.76. The first-order chi connectivity index (χ1) is 10.1. The number of para-hydroxylation sites is 1. The highest BCUT2D eigenvalue weighted by molar-refractivity contribution is 7.98. The Labute approximate surface area is 131 Å². The highest BCUT2D eigenvalue weighted by Gasteiger charge is 2.07. The van der Waals surface area contributed by atoms with E-state index in [9.17, 15) is 0 Å². The minimum Gasteiger partial charge on any atom is -0.491 e. The second kappa shape index (κ2) is 7.41. The smallest absolute Gasteiger partial charge is 0.143 e. The van der Waals surface area contributed by atoms with Crippen LogP contribution in [-0.4, -0.2) is 6.61 Å². The van der Waals surface area contributed by atoms with Crippen LogP contribution in [0.25, 0.3) is 0 Å². The van der Waals surface area contributed by atoms with Gasteiger partial charge in [0.15, 0.2) is 0 Å². The molecule has 0 heterocycles. The van der Waals surface area contributed by atoms with Gasteiger partial charge in [0.1, 0.15) is 5.75 Å². The van der Waals surface area contributed by atoms with Crippen LogP contribution < -0.4 is 10.5 Å². The quantitative estimate of drug-likeness (QED) is 0.604. The molecule has 0 amide bonds. The first-order valence-corrected chi connectivity index (χ1v) is 8.30. The van der Waals surface area contributed by atoms with Gasteiger partial charge >= 0.3 is 0 Å². The Kier molecular flexibility index (Phi) is 5.57. The van der Waals surface area contributed by atoms with Crippen LogP contribution in [0.5, 0.6) is 5.75 Å². The molecular weight excluding hydrogens is 278 g/mol. The van der Waals surface area contributed by atoms with Gasteiger partial charge in [-0.3, -0.25) is 0 Å². The third kappa shape index (κ3) is 4.43. The topological polar surface area (TPSA) is 35.2 Å². The van der Waals surface area contributed by atoms with Crippen molar-refractivity contribution >= 4 is 17.4 Å². The molecule has 0 unspecified atom stereocenters. The second-order valence-electron chi connectivity index (χ2n) is 5.30. The fraction of sp³-hybridized carbons (Fsp3) is 0.333. The molecule has 2 aromatic carbocycles. The zero-order chi connectivity index (χ0) is 15.2. The summed E-state index contributed by atoms with van der Waals surface area (Å²) in [5.74, 6) is 1.71. The van der Waals surface area contributed by atoms with Crippen LogP contribution in [0, 0.1) is 13.8 Å². The number of aryl methyl sites for hydroxylation is 2. The Bertz CT molecular complexity index is 590. The fourth-order valence-corrected chi connectivity index (χ4v) is 3.22.